The summed E-state index contributed by atoms with van der Waals surface area (Å²) in [4.78, 5) is 34.0. The Bertz CT molecular complexity index is 575. The van der Waals surface area contributed by atoms with Gasteiger partial charge in [0.25, 0.3) is 11.7 Å². The number of carbonyl (C=O) groups excluding carboxylic acids is 3. The van der Waals surface area contributed by atoms with Gasteiger partial charge in [-0.25, -0.2) is 0 Å². The number of carbonyl (C=O) groups is 3. The highest BCUT2D eigenvalue weighted by Crippen LogP contribution is 2.28. The van der Waals surface area contributed by atoms with Gasteiger partial charge < -0.3 is 10.1 Å². The van der Waals surface area contributed by atoms with E-state index in [0.29, 0.717) is 23.4 Å². The van der Waals surface area contributed by atoms with Crippen molar-refractivity contribution in [3.63, 3.8) is 0 Å². The van der Waals surface area contributed by atoms with Gasteiger partial charge in [0.05, 0.1) is 24.3 Å². The van der Waals surface area contributed by atoms with Crippen LogP contribution >= 0.6 is 0 Å². The molecule has 0 radical (unpaired) electrons. The van der Waals surface area contributed by atoms with Gasteiger partial charge in [0, 0.05) is 0 Å². The molecule has 0 saturated heterocycles. The smallest absolute Gasteiger partial charge is 0.309 e. The minimum Gasteiger partial charge on any atom is -0.466 e. The molecule has 98 valence electrons. The Morgan fingerprint density at radius 3 is 2.89 bits per heavy atom. The zero-order valence-corrected chi connectivity index (χ0v) is 10.4. The predicted molar refractivity (Wildman–Crippen MR) is 69.7 cm³/mol. The molecule has 0 aliphatic carbocycles. The number of nitrogens with one attached hydrogen (secondary N) is 1. The van der Waals surface area contributed by atoms with Crippen molar-refractivity contribution in [2.75, 3.05) is 11.9 Å². The van der Waals surface area contributed by atoms with Crippen molar-refractivity contribution < 1.29 is 19.1 Å². The molecular weight excluding hydrogens is 246 g/mol. The van der Waals surface area contributed by atoms with Crippen LogP contribution in [0.1, 0.15) is 29.3 Å². The molecule has 5 heteroatoms. The molecule has 1 aromatic carbocycles. The van der Waals surface area contributed by atoms with Crippen LogP contribution in [0.15, 0.2) is 24.3 Å². The molecule has 1 heterocycles. The Morgan fingerprint density at radius 1 is 1.37 bits per heavy atom. The number of benzene rings is 1. The summed E-state index contributed by atoms with van der Waals surface area (Å²) in [5.74, 6) is -1.47. The molecule has 0 bridgehead atoms. The van der Waals surface area contributed by atoms with Crippen LogP contribution in [-0.4, -0.2) is 24.3 Å². The van der Waals surface area contributed by atoms with Crippen molar-refractivity contribution in [1.82, 2.24) is 0 Å². The van der Waals surface area contributed by atoms with Gasteiger partial charge >= 0.3 is 5.97 Å². The summed E-state index contributed by atoms with van der Waals surface area (Å²) in [6, 6.07) is 5.05. The maximum atomic E-state index is 11.5. The topological polar surface area (TPSA) is 72.5 Å². The Morgan fingerprint density at radius 2 is 2.16 bits per heavy atom. The summed E-state index contributed by atoms with van der Waals surface area (Å²) >= 11 is 0. The molecule has 1 amide bonds. The third kappa shape index (κ3) is 2.70. The van der Waals surface area contributed by atoms with Crippen LogP contribution in [0.5, 0.6) is 0 Å². The zero-order valence-electron chi connectivity index (χ0n) is 10.4. The van der Waals surface area contributed by atoms with Crippen LogP contribution in [0.2, 0.25) is 0 Å². The first-order chi connectivity index (χ1) is 9.13. The Kier molecular flexibility index (Phi) is 3.75. The number of fused-ring (bicyclic) bond motifs is 1. The van der Waals surface area contributed by atoms with Gasteiger partial charge in [0.15, 0.2) is 0 Å². The quantitative estimate of drug-likeness (QED) is 0.661. The molecule has 0 spiro atoms. The van der Waals surface area contributed by atoms with Crippen LogP contribution in [0.3, 0.4) is 0 Å². The molecule has 0 atom stereocenters. The fraction of sp³-hybridized carbons (Fsp3) is 0.214. The van der Waals surface area contributed by atoms with Gasteiger partial charge in [-0.15, -0.1) is 0 Å². The number of Topliss-reactive ketones (excluding diaryl/α,β-unsaturated/α-hetero) is 1. The highest BCUT2D eigenvalue weighted by molar-refractivity contribution is 6.52. The molecule has 0 saturated carbocycles. The number of anilines is 1. The lowest BCUT2D eigenvalue weighted by molar-refractivity contribution is -0.142. The summed E-state index contributed by atoms with van der Waals surface area (Å²) in [5, 5.41) is 2.52. The van der Waals surface area contributed by atoms with E-state index in [1.54, 1.807) is 37.3 Å². The number of rotatable bonds is 4. The molecule has 1 aromatic rings. The Labute approximate surface area is 110 Å². The second kappa shape index (κ2) is 5.48. The fourth-order valence-corrected chi connectivity index (χ4v) is 1.83. The van der Waals surface area contributed by atoms with E-state index in [9.17, 15) is 14.4 Å². The van der Waals surface area contributed by atoms with Gasteiger partial charge in [-0.05, 0) is 18.6 Å². The largest absolute Gasteiger partial charge is 0.466 e. The molecule has 1 N–H and O–H groups in total. The van der Waals surface area contributed by atoms with E-state index in [2.05, 4.69) is 5.32 Å². The van der Waals surface area contributed by atoms with E-state index in [0.717, 1.165) is 0 Å². The molecule has 19 heavy (non-hydrogen) atoms. The summed E-state index contributed by atoms with van der Waals surface area (Å²) in [6.07, 6.45) is 3.48. The fourth-order valence-electron chi connectivity index (χ4n) is 1.83. The minimum absolute atomic E-state index is 0.152. The molecule has 2 rings (SSSR count). The van der Waals surface area contributed by atoms with Crippen molar-refractivity contribution in [3.8, 4) is 0 Å². The maximum Gasteiger partial charge on any atom is 0.309 e. The van der Waals surface area contributed by atoms with Crippen molar-refractivity contribution in [2.24, 2.45) is 0 Å². The van der Waals surface area contributed by atoms with E-state index in [-0.39, 0.29) is 12.4 Å². The van der Waals surface area contributed by atoms with Crippen molar-refractivity contribution >= 4 is 29.4 Å². The number of hydrogen-bond donors (Lipinski definition) is 1. The minimum atomic E-state index is -0.624. The van der Waals surface area contributed by atoms with Crippen LogP contribution in [0.4, 0.5) is 5.69 Å². The van der Waals surface area contributed by atoms with Crippen LogP contribution in [-0.2, 0) is 14.3 Å². The first kappa shape index (κ1) is 13.0. The van der Waals surface area contributed by atoms with Crippen molar-refractivity contribution in [1.29, 1.82) is 0 Å². The monoisotopic (exact) mass is 259 g/mol. The lowest BCUT2D eigenvalue weighted by Crippen LogP contribution is -2.12. The van der Waals surface area contributed by atoms with Crippen molar-refractivity contribution in [2.45, 2.75) is 13.3 Å². The number of para-hydroxylation sites is 1. The molecular formula is C14H13NO4. The number of ketones is 1. The van der Waals surface area contributed by atoms with Gasteiger partial charge in [-0.1, -0.05) is 24.3 Å². The first-order valence-electron chi connectivity index (χ1n) is 5.94. The van der Waals surface area contributed by atoms with Gasteiger partial charge in [-0.2, -0.15) is 0 Å². The number of hydrogen-bond acceptors (Lipinski definition) is 4. The number of esters is 1. The molecule has 0 aromatic heterocycles. The predicted octanol–water partition coefficient (Wildman–Crippen LogP) is 1.79. The Hall–Kier alpha value is -2.43. The van der Waals surface area contributed by atoms with Gasteiger partial charge in [-0.3, -0.25) is 14.4 Å². The third-order valence-corrected chi connectivity index (χ3v) is 2.67. The number of amides is 1. The Balaban J connectivity index is 2.15. The van der Waals surface area contributed by atoms with E-state index < -0.39 is 11.7 Å². The lowest BCUT2D eigenvalue weighted by Gasteiger charge is -2.02. The maximum absolute atomic E-state index is 11.5. The van der Waals surface area contributed by atoms with Crippen LogP contribution in [0.25, 0.3) is 6.08 Å². The highest BCUT2D eigenvalue weighted by Gasteiger charge is 2.28. The number of ether oxygens (including phenoxy) is 1. The van der Waals surface area contributed by atoms with Gasteiger partial charge in [0.1, 0.15) is 0 Å². The van der Waals surface area contributed by atoms with Crippen LogP contribution < -0.4 is 5.32 Å². The van der Waals surface area contributed by atoms with E-state index >= 15 is 0 Å². The average Bonchev–Trinajstić information content (AvgIpc) is 2.67. The van der Waals surface area contributed by atoms with Crippen LogP contribution in [0, 0.1) is 0 Å². The summed E-state index contributed by atoms with van der Waals surface area (Å²) in [5.41, 5.74) is 1.56. The summed E-state index contributed by atoms with van der Waals surface area (Å²) in [6.45, 7) is 2.09. The second-order valence-corrected chi connectivity index (χ2v) is 3.96. The second-order valence-electron chi connectivity index (χ2n) is 3.96. The molecule has 1 aliphatic heterocycles. The third-order valence-electron chi connectivity index (χ3n) is 2.67. The molecule has 1 aliphatic rings. The SMILES string of the molecule is CCOC(=O)CC=Cc1cccc2c1NC(=O)C2=O. The van der Waals surface area contributed by atoms with E-state index in [1.165, 1.54) is 0 Å². The molecule has 0 fully saturated rings. The molecule has 0 unspecified atom stereocenters. The lowest BCUT2D eigenvalue weighted by atomic mass is 10.1. The van der Waals surface area contributed by atoms with Crippen molar-refractivity contribution in [3.05, 3.63) is 35.4 Å². The summed E-state index contributed by atoms with van der Waals surface area (Å²) < 4.78 is 4.79. The normalized spacial score (nSPS) is 13.5. The standard InChI is InChI=1S/C14H13NO4/c1-2-19-11(16)8-4-6-9-5-3-7-10-12(9)15-14(18)13(10)17/h3-7H,2,8H2,1H3,(H,15,17,18). The first-order valence-corrected chi connectivity index (χ1v) is 5.94. The van der Waals surface area contributed by atoms with E-state index in [1.807, 2.05) is 0 Å². The van der Waals surface area contributed by atoms with Gasteiger partial charge in [0.2, 0.25) is 0 Å². The zero-order chi connectivity index (χ0) is 13.8. The molecule has 5 nitrogen and oxygen atoms in total. The highest BCUT2D eigenvalue weighted by atomic mass is 16.5. The summed E-state index contributed by atoms with van der Waals surface area (Å²) in [7, 11) is 0. The van der Waals surface area contributed by atoms with E-state index in [4.69, 9.17) is 4.74 Å². The average molecular weight is 259 g/mol.